The molecule has 0 aliphatic carbocycles. The van der Waals surface area contributed by atoms with Crippen molar-refractivity contribution in [2.45, 2.75) is 0 Å². The zero-order chi connectivity index (χ0) is 13.9. The number of hydrogen-bond donors (Lipinski definition) is 1. The van der Waals surface area contributed by atoms with Gasteiger partial charge >= 0.3 is 0 Å². The van der Waals surface area contributed by atoms with Gasteiger partial charge in [-0.2, -0.15) is 5.26 Å². The first-order valence-corrected chi connectivity index (χ1v) is 6.22. The molecule has 20 heavy (non-hydrogen) atoms. The molecule has 0 bridgehead atoms. The molecule has 0 spiro atoms. The first-order valence-electron chi connectivity index (χ1n) is 6.22. The molecule has 0 radical (unpaired) electrons. The Labute approximate surface area is 116 Å². The van der Waals surface area contributed by atoms with Crippen molar-refractivity contribution in [1.82, 2.24) is 0 Å². The molecule has 2 N–H and O–H groups in total. The van der Waals surface area contributed by atoms with Crippen molar-refractivity contribution in [3.05, 3.63) is 66.2 Å². The lowest BCUT2D eigenvalue weighted by atomic mass is 10.1. The standard InChI is InChI=1S/C17H12N2O/c18-11-12-4-7-14(8-5-12)20-15-9-6-13-2-1-3-17(19)16(13)10-15/h1-10H,19H2. The van der Waals surface area contributed by atoms with Crippen LogP contribution in [0.3, 0.4) is 0 Å². The number of nitrogens with two attached hydrogens (primary N) is 1. The van der Waals surface area contributed by atoms with Crippen LogP contribution in [0.4, 0.5) is 5.69 Å². The van der Waals surface area contributed by atoms with Gasteiger partial charge in [0, 0.05) is 11.1 Å². The highest BCUT2D eigenvalue weighted by molar-refractivity contribution is 5.93. The van der Waals surface area contributed by atoms with E-state index in [1.54, 1.807) is 24.3 Å². The number of nitrogen functional groups attached to an aromatic ring is 1. The third-order valence-electron chi connectivity index (χ3n) is 3.11. The number of fused-ring (bicyclic) bond motifs is 1. The molecule has 3 nitrogen and oxygen atoms in total. The summed E-state index contributed by atoms with van der Waals surface area (Å²) in [5.74, 6) is 1.41. The third kappa shape index (κ3) is 2.27. The Balaban J connectivity index is 1.94. The van der Waals surface area contributed by atoms with Crippen LogP contribution < -0.4 is 10.5 Å². The van der Waals surface area contributed by atoms with Crippen LogP contribution in [0.25, 0.3) is 10.8 Å². The first-order chi connectivity index (χ1) is 9.76. The molecule has 96 valence electrons. The second-order valence-electron chi connectivity index (χ2n) is 4.47. The van der Waals surface area contributed by atoms with Crippen molar-refractivity contribution in [2.24, 2.45) is 0 Å². The lowest BCUT2D eigenvalue weighted by molar-refractivity contribution is 0.483. The van der Waals surface area contributed by atoms with Gasteiger partial charge in [-0.15, -0.1) is 0 Å². The van der Waals surface area contributed by atoms with Crippen molar-refractivity contribution >= 4 is 16.5 Å². The first kappa shape index (κ1) is 12.1. The van der Waals surface area contributed by atoms with Crippen LogP contribution >= 0.6 is 0 Å². The monoisotopic (exact) mass is 260 g/mol. The maximum atomic E-state index is 8.76. The highest BCUT2D eigenvalue weighted by Gasteiger charge is 2.02. The molecular formula is C17H12N2O. The maximum absolute atomic E-state index is 8.76. The summed E-state index contributed by atoms with van der Waals surface area (Å²) in [5, 5.41) is 10.8. The molecular weight excluding hydrogens is 248 g/mol. The summed E-state index contributed by atoms with van der Waals surface area (Å²) in [6, 6.07) is 20.7. The zero-order valence-corrected chi connectivity index (χ0v) is 10.7. The highest BCUT2D eigenvalue weighted by atomic mass is 16.5. The fourth-order valence-electron chi connectivity index (χ4n) is 2.07. The number of anilines is 1. The van der Waals surface area contributed by atoms with Crippen molar-refractivity contribution in [1.29, 1.82) is 5.26 Å². The fourth-order valence-corrected chi connectivity index (χ4v) is 2.07. The molecule has 3 aromatic rings. The van der Waals surface area contributed by atoms with Gasteiger partial charge in [-0.25, -0.2) is 0 Å². The van der Waals surface area contributed by atoms with Gasteiger partial charge in [-0.3, -0.25) is 0 Å². The number of benzene rings is 3. The third-order valence-corrected chi connectivity index (χ3v) is 3.11. The van der Waals surface area contributed by atoms with E-state index in [0.29, 0.717) is 11.3 Å². The molecule has 0 saturated carbocycles. The minimum atomic E-state index is 0.611. The Morgan fingerprint density at radius 2 is 1.65 bits per heavy atom. The van der Waals surface area contributed by atoms with Crippen LogP contribution in [0.2, 0.25) is 0 Å². The minimum Gasteiger partial charge on any atom is -0.457 e. The van der Waals surface area contributed by atoms with Gasteiger partial charge < -0.3 is 10.5 Å². The molecule has 0 aliphatic rings. The molecule has 3 heteroatoms. The van der Waals surface area contributed by atoms with Crippen LogP contribution in [0.15, 0.2) is 60.7 Å². The van der Waals surface area contributed by atoms with E-state index in [1.165, 1.54) is 0 Å². The van der Waals surface area contributed by atoms with Gasteiger partial charge in [0.25, 0.3) is 0 Å². The summed E-state index contributed by atoms with van der Waals surface area (Å²) in [6.07, 6.45) is 0. The van der Waals surface area contributed by atoms with E-state index in [4.69, 9.17) is 15.7 Å². The molecule has 0 fully saturated rings. The largest absolute Gasteiger partial charge is 0.457 e. The number of ether oxygens (including phenoxy) is 1. The van der Waals surface area contributed by atoms with E-state index >= 15 is 0 Å². The average molecular weight is 260 g/mol. The SMILES string of the molecule is N#Cc1ccc(Oc2ccc3cccc(N)c3c2)cc1. The molecule has 0 aliphatic heterocycles. The highest BCUT2D eigenvalue weighted by Crippen LogP contribution is 2.28. The lowest BCUT2D eigenvalue weighted by Crippen LogP contribution is -1.88. The van der Waals surface area contributed by atoms with Crippen LogP contribution in [-0.2, 0) is 0 Å². The van der Waals surface area contributed by atoms with Gasteiger partial charge in [0.1, 0.15) is 11.5 Å². The normalized spacial score (nSPS) is 10.2. The Morgan fingerprint density at radius 1 is 0.900 bits per heavy atom. The van der Waals surface area contributed by atoms with Crippen LogP contribution in [0.5, 0.6) is 11.5 Å². The maximum Gasteiger partial charge on any atom is 0.128 e. The lowest BCUT2D eigenvalue weighted by Gasteiger charge is -2.08. The fraction of sp³-hybridized carbons (Fsp3) is 0. The van der Waals surface area contributed by atoms with E-state index < -0.39 is 0 Å². The minimum absolute atomic E-state index is 0.611. The molecule has 0 amide bonds. The number of rotatable bonds is 2. The van der Waals surface area contributed by atoms with Gasteiger partial charge in [-0.1, -0.05) is 18.2 Å². The summed E-state index contributed by atoms with van der Waals surface area (Å²) in [7, 11) is 0. The number of nitrogens with zero attached hydrogens (tertiary/aromatic N) is 1. The van der Waals surface area contributed by atoms with Crippen LogP contribution in [-0.4, -0.2) is 0 Å². The molecule has 0 unspecified atom stereocenters. The Kier molecular flexibility index (Phi) is 2.98. The predicted molar refractivity (Wildman–Crippen MR) is 79.6 cm³/mol. The van der Waals surface area contributed by atoms with Gasteiger partial charge in [-0.05, 0) is 47.9 Å². The van der Waals surface area contributed by atoms with E-state index in [0.717, 1.165) is 22.2 Å². The van der Waals surface area contributed by atoms with Crippen LogP contribution in [0, 0.1) is 11.3 Å². The molecule has 0 aromatic heterocycles. The summed E-state index contributed by atoms with van der Waals surface area (Å²) >= 11 is 0. The Bertz CT molecular complexity index is 801. The molecule has 3 aromatic carbocycles. The molecule has 0 saturated heterocycles. The molecule has 0 heterocycles. The van der Waals surface area contributed by atoms with Crippen LogP contribution in [0.1, 0.15) is 5.56 Å². The zero-order valence-electron chi connectivity index (χ0n) is 10.7. The second-order valence-corrected chi connectivity index (χ2v) is 4.47. The van der Waals surface area contributed by atoms with Crippen molar-refractivity contribution in [3.63, 3.8) is 0 Å². The predicted octanol–water partition coefficient (Wildman–Crippen LogP) is 4.09. The topological polar surface area (TPSA) is 59.0 Å². The second kappa shape index (κ2) is 4.94. The average Bonchev–Trinajstić information content (AvgIpc) is 2.49. The van der Waals surface area contributed by atoms with Gasteiger partial charge in [0.2, 0.25) is 0 Å². The quantitative estimate of drug-likeness (QED) is 0.706. The molecule has 0 atom stereocenters. The van der Waals surface area contributed by atoms with Crippen molar-refractivity contribution < 1.29 is 4.74 Å². The van der Waals surface area contributed by atoms with Gasteiger partial charge in [0.05, 0.1) is 11.6 Å². The smallest absolute Gasteiger partial charge is 0.128 e. The van der Waals surface area contributed by atoms with Crippen molar-refractivity contribution in [2.75, 3.05) is 5.73 Å². The van der Waals surface area contributed by atoms with E-state index in [1.807, 2.05) is 36.4 Å². The Morgan fingerprint density at radius 3 is 2.40 bits per heavy atom. The summed E-state index contributed by atoms with van der Waals surface area (Å²) in [5.41, 5.74) is 7.31. The summed E-state index contributed by atoms with van der Waals surface area (Å²) in [6.45, 7) is 0. The summed E-state index contributed by atoms with van der Waals surface area (Å²) < 4.78 is 5.78. The van der Waals surface area contributed by atoms with E-state index in [2.05, 4.69) is 6.07 Å². The van der Waals surface area contributed by atoms with E-state index in [9.17, 15) is 0 Å². The molecule has 3 rings (SSSR count). The Hall–Kier alpha value is -2.99. The summed E-state index contributed by atoms with van der Waals surface area (Å²) in [4.78, 5) is 0. The number of nitriles is 1. The van der Waals surface area contributed by atoms with Gasteiger partial charge in [0.15, 0.2) is 0 Å². The van der Waals surface area contributed by atoms with E-state index in [-0.39, 0.29) is 0 Å². The number of hydrogen-bond acceptors (Lipinski definition) is 3. The van der Waals surface area contributed by atoms with Crippen molar-refractivity contribution in [3.8, 4) is 17.6 Å².